The van der Waals surface area contributed by atoms with Crippen LogP contribution >= 0.6 is 7.80 Å². The van der Waals surface area contributed by atoms with Crippen molar-refractivity contribution in [3.8, 4) is 0 Å². The smallest absolute Gasteiger partial charge is 0.327 e. The van der Waals surface area contributed by atoms with E-state index in [9.17, 15) is 9.36 Å². The minimum Gasteiger partial charge on any atom is -0.327 e. The van der Waals surface area contributed by atoms with Crippen molar-refractivity contribution in [1.82, 2.24) is 0 Å². The predicted molar refractivity (Wildman–Crippen MR) is 44.1 cm³/mol. The van der Waals surface area contributed by atoms with Gasteiger partial charge in [0, 0.05) is 0 Å². The Kier molecular flexibility index (Phi) is 3.01. The Morgan fingerprint density at radius 1 is 1.27 bits per heavy atom. The highest BCUT2D eigenvalue weighted by Gasteiger charge is 2.37. The summed E-state index contributed by atoms with van der Waals surface area (Å²) in [7, 11) is -1.77. The summed E-state index contributed by atoms with van der Waals surface area (Å²) in [6.07, 6.45) is 5.23. The SMILES string of the molecule is NC(=O)[P+](=O)C1CCCCC1. The Labute approximate surface area is 67.1 Å². The molecular weight excluding hydrogens is 161 g/mol. The lowest BCUT2D eigenvalue weighted by atomic mass is 10.0. The third-order valence-electron chi connectivity index (χ3n) is 2.12. The number of hydrogen-bond acceptors (Lipinski definition) is 2. The summed E-state index contributed by atoms with van der Waals surface area (Å²) in [5.41, 5.74) is 4.41. The number of rotatable bonds is 2. The Morgan fingerprint density at radius 3 is 2.27 bits per heavy atom. The van der Waals surface area contributed by atoms with E-state index in [1.165, 1.54) is 6.42 Å². The van der Waals surface area contributed by atoms with E-state index in [0.717, 1.165) is 25.7 Å². The van der Waals surface area contributed by atoms with Crippen LogP contribution in [0.3, 0.4) is 0 Å². The molecule has 62 valence electrons. The molecule has 1 rings (SSSR count). The number of hydrogen-bond donors (Lipinski definition) is 1. The van der Waals surface area contributed by atoms with Gasteiger partial charge in [-0.2, -0.15) is 0 Å². The first-order chi connectivity index (χ1) is 5.22. The summed E-state index contributed by atoms with van der Waals surface area (Å²) >= 11 is 0. The lowest BCUT2D eigenvalue weighted by Gasteiger charge is -2.11. The summed E-state index contributed by atoms with van der Waals surface area (Å²) < 4.78 is 11.2. The molecule has 0 radical (unpaired) electrons. The molecule has 0 saturated heterocycles. The van der Waals surface area contributed by atoms with Crippen LogP contribution < -0.4 is 5.73 Å². The molecule has 1 atom stereocenters. The fourth-order valence-electron chi connectivity index (χ4n) is 1.50. The molecule has 0 spiro atoms. The molecular formula is C7H13NO2P+. The first-order valence-corrected chi connectivity index (χ1v) is 5.30. The third-order valence-corrected chi connectivity index (χ3v) is 3.74. The van der Waals surface area contributed by atoms with E-state index in [-0.39, 0.29) is 5.66 Å². The Hall–Kier alpha value is -0.430. The van der Waals surface area contributed by atoms with Crippen LogP contribution in [-0.2, 0) is 4.57 Å². The number of amides is 1. The van der Waals surface area contributed by atoms with Crippen molar-refractivity contribution in [2.45, 2.75) is 37.8 Å². The Bertz CT molecular complexity index is 175. The van der Waals surface area contributed by atoms with E-state index in [1.807, 2.05) is 0 Å². The van der Waals surface area contributed by atoms with Crippen molar-refractivity contribution in [2.24, 2.45) is 5.73 Å². The minimum atomic E-state index is -1.77. The maximum absolute atomic E-state index is 11.2. The van der Waals surface area contributed by atoms with Crippen LogP contribution in [-0.4, -0.2) is 11.3 Å². The fourth-order valence-corrected chi connectivity index (χ4v) is 2.69. The summed E-state index contributed by atoms with van der Waals surface area (Å²) in [6, 6.07) is 0. The van der Waals surface area contributed by atoms with Crippen LogP contribution in [0.5, 0.6) is 0 Å². The van der Waals surface area contributed by atoms with Gasteiger partial charge in [-0.1, -0.05) is 11.0 Å². The summed E-state index contributed by atoms with van der Waals surface area (Å²) in [4.78, 5) is 10.5. The van der Waals surface area contributed by atoms with Crippen molar-refractivity contribution in [3.05, 3.63) is 0 Å². The lowest BCUT2D eigenvalue weighted by Crippen LogP contribution is -2.14. The lowest BCUT2D eigenvalue weighted by molar-refractivity contribution is 0.265. The van der Waals surface area contributed by atoms with Gasteiger partial charge in [0.15, 0.2) is 5.66 Å². The second-order valence-electron chi connectivity index (χ2n) is 2.96. The minimum absolute atomic E-state index is 0.0799. The molecule has 1 fully saturated rings. The number of nitrogens with two attached hydrogens (primary N) is 1. The van der Waals surface area contributed by atoms with Crippen molar-refractivity contribution in [1.29, 1.82) is 0 Å². The molecule has 1 aliphatic carbocycles. The molecule has 3 nitrogen and oxygen atoms in total. The zero-order valence-electron chi connectivity index (χ0n) is 6.45. The van der Waals surface area contributed by atoms with Gasteiger partial charge in [-0.15, -0.1) is 0 Å². The number of carbonyl (C=O) groups excluding carboxylic acids is 1. The molecule has 1 unspecified atom stereocenters. The van der Waals surface area contributed by atoms with Crippen LogP contribution in [0.4, 0.5) is 4.79 Å². The first kappa shape index (κ1) is 8.66. The molecule has 0 aromatic rings. The van der Waals surface area contributed by atoms with E-state index < -0.39 is 13.4 Å². The zero-order valence-corrected chi connectivity index (χ0v) is 7.35. The molecule has 0 aliphatic heterocycles. The first-order valence-electron chi connectivity index (χ1n) is 3.97. The largest absolute Gasteiger partial charge is 0.457 e. The van der Waals surface area contributed by atoms with Crippen LogP contribution in [0.1, 0.15) is 32.1 Å². The van der Waals surface area contributed by atoms with Crippen LogP contribution in [0.25, 0.3) is 0 Å². The van der Waals surface area contributed by atoms with Crippen molar-refractivity contribution >= 4 is 13.4 Å². The van der Waals surface area contributed by atoms with E-state index in [0.29, 0.717) is 0 Å². The molecule has 2 N–H and O–H groups in total. The normalized spacial score (nSPS) is 21.3. The average Bonchev–Trinajstić information content (AvgIpc) is 2.05. The molecule has 11 heavy (non-hydrogen) atoms. The Morgan fingerprint density at radius 2 is 1.82 bits per heavy atom. The maximum Gasteiger partial charge on any atom is 0.457 e. The molecule has 1 amide bonds. The van der Waals surface area contributed by atoms with E-state index >= 15 is 0 Å². The van der Waals surface area contributed by atoms with Gasteiger partial charge in [0.1, 0.15) is 0 Å². The van der Waals surface area contributed by atoms with Gasteiger partial charge in [-0.3, -0.25) is 0 Å². The van der Waals surface area contributed by atoms with E-state index in [1.54, 1.807) is 0 Å². The topological polar surface area (TPSA) is 60.2 Å². The van der Waals surface area contributed by atoms with Crippen molar-refractivity contribution in [3.63, 3.8) is 0 Å². The van der Waals surface area contributed by atoms with Gasteiger partial charge < -0.3 is 5.73 Å². The van der Waals surface area contributed by atoms with Crippen LogP contribution in [0.15, 0.2) is 0 Å². The molecule has 1 aliphatic rings. The summed E-state index contributed by atoms with van der Waals surface area (Å²) in [6.45, 7) is 0. The van der Waals surface area contributed by atoms with Crippen LogP contribution in [0, 0.1) is 0 Å². The van der Waals surface area contributed by atoms with E-state index in [2.05, 4.69) is 0 Å². The van der Waals surface area contributed by atoms with E-state index in [4.69, 9.17) is 5.73 Å². The van der Waals surface area contributed by atoms with Gasteiger partial charge in [-0.25, -0.2) is 4.79 Å². The Balaban J connectivity index is 2.45. The predicted octanol–water partition coefficient (Wildman–Crippen LogP) is 2.23. The third kappa shape index (κ3) is 2.26. The zero-order chi connectivity index (χ0) is 8.27. The summed E-state index contributed by atoms with van der Waals surface area (Å²) in [5, 5.41) is 0. The maximum atomic E-state index is 11.2. The van der Waals surface area contributed by atoms with Gasteiger partial charge in [0.25, 0.3) is 0 Å². The van der Waals surface area contributed by atoms with Crippen molar-refractivity contribution in [2.75, 3.05) is 0 Å². The van der Waals surface area contributed by atoms with Gasteiger partial charge in [0.05, 0.1) is 0 Å². The summed E-state index contributed by atoms with van der Waals surface area (Å²) in [5.74, 6) is 0. The molecule has 0 heterocycles. The van der Waals surface area contributed by atoms with Gasteiger partial charge in [-0.05, 0) is 25.7 Å². The monoisotopic (exact) mass is 174 g/mol. The average molecular weight is 174 g/mol. The fraction of sp³-hybridized carbons (Fsp3) is 0.857. The quantitative estimate of drug-likeness (QED) is 0.652. The second-order valence-corrected chi connectivity index (χ2v) is 4.78. The molecule has 0 bridgehead atoms. The standard InChI is InChI=1S/C7H12NO2P/c8-7(9)11(10)6-4-2-1-3-5-6/h6H,1-5H2,(H-,8,9)/p+1. The highest BCUT2D eigenvalue weighted by Crippen LogP contribution is 2.37. The van der Waals surface area contributed by atoms with Crippen LogP contribution in [0.2, 0.25) is 0 Å². The molecule has 1 saturated carbocycles. The molecule has 0 aromatic heterocycles. The van der Waals surface area contributed by atoms with Gasteiger partial charge >= 0.3 is 13.4 Å². The van der Waals surface area contributed by atoms with Gasteiger partial charge in [0.2, 0.25) is 0 Å². The highest BCUT2D eigenvalue weighted by atomic mass is 31.1. The number of primary amides is 1. The molecule has 4 heteroatoms. The number of carbonyl (C=O) groups is 1. The second kappa shape index (κ2) is 3.82. The molecule has 0 aromatic carbocycles. The highest BCUT2D eigenvalue weighted by molar-refractivity contribution is 7.64. The van der Waals surface area contributed by atoms with Crippen molar-refractivity contribution < 1.29 is 9.36 Å².